The predicted molar refractivity (Wildman–Crippen MR) is 83.5 cm³/mol. The maximum Gasteiger partial charge on any atom is 0.178 e. The molecule has 0 atom stereocenters. The molecule has 110 valence electrons. The van der Waals surface area contributed by atoms with Gasteiger partial charge in [-0.15, -0.1) is 0 Å². The summed E-state index contributed by atoms with van der Waals surface area (Å²) in [6.07, 6.45) is 0. The zero-order chi connectivity index (χ0) is 15.4. The van der Waals surface area contributed by atoms with Gasteiger partial charge in [-0.05, 0) is 42.9 Å². The molecule has 0 unspecified atom stereocenters. The van der Waals surface area contributed by atoms with E-state index in [0.29, 0.717) is 22.2 Å². The number of ketones is 1. The molecule has 0 radical (unpaired) electrons. The van der Waals surface area contributed by atoms with Crippen LogP contribution >= 0.6 is 23.2 Å². The molecule has 0 aliphatic carbocycles. The number of nitrogens with zero attached hydrogens (tertiary/aromatic N) is 1. The molecule has 2 aromatic carbocycles. The molecule has 2 rings (SSSR count). The Morgan fingerprint density at radius 3 is 2.48 bits per heavy atom. The Morgan fingerprint density at radius 2 is 1.81 bits per heavy atom. The number of hydrogen-bond acceptors (Lipinski definition) is 2. The van der Waals surface area contributed by atoms with E-state index in [9.17, 15) is 9.18 Å². The van der Waals surface area contributed by atoms with Crippen molar-refractivity contribution in [1.29, 1.82) is 0 Å². The maximum absolute atomic E-state index is 12.8. The monoisotopic (exact) mass is 325 g/mol. The average Bonchev–Trinajstić information content (AvgIpc) is 2.44. The van der Waals surface area contributed by atoms with Gasteiger partial charge in [0, 0.05) is 17.1 Å². The topological polar surface area (TPSA) is 20.3 Å². The summed E-state index contributed by atoms with van der Waals surface area (Å²) >= 11 is 11.9. The lowest BCUT2D eigenvalue weighted by molar-refractivity contribution is 0.0943. The lowest BCUT2D eigenvalue weighted by Gasteiger charge is -2.16. The largest absolute Gasteiger partial charge is 0.295 e. The molecular formula is C16H14Cl2FNO. The first-order valence-corrected chi connectivity index (χ1v) is 7.12. The second kappa shape index (κ2) is 7.03. The van der Waals surface area contributed by atoms with Crippen molar-refractivity contribution in [3.63, 3.8) is 0 Å². The van der Waals surface area contributed by atoms with Crippen LogP contribution in [0.5, 0.6) is 0 Å². The molecule has 0 aromatic heterocycles. The minimum atomic E-state index is -0.275. The van der Waals surface area contributed by atoms with Crippen LogP contribution < -0.4 is 0 Å². The summed E-state index contributed by atoms with van der Waals surface area (Å²) in [5.74, 6) is -0.379. The van der Waals surface area contributed by atoms with Gasteiger partial charge in [0.2, 0.25) is 0 Å². The van der Waals surface area contributed by atoms with Gasteiger partial charge in [0.15, 0.2) is 5.78 Å². The molecule has 0 amide bonds. The highest BCUT2D eigenvalue weighted by Gasteiger charge is 2.13. The zero-order valence-electron chi connectivity index (χ0n) is 11.4. The van der Waals surface area contributed by atoms with Gasteiger partial charge >= 0.3 is 0 Å². The third-order valence-electron chi connectivity index (χ3n) is 3.01. The van der Waals surface area contributed by atoms with E-state index in [-0.39, 0.29) is 18.1 Å². The molecule has 0 aliphatic rings. The van der Waals surface area contributed by atoms with E-state index in [1.807, 2.05) is 11.9 Å². The number of carbonyl (C=O) groups excluding carboxylic acids is 1. The first-order chi connectivity index (χ1) is 9.95. The van der Waals surface area contributed by atoms with Gasteiger partial charge in [-0.3, -0.25) is 9.69 Å². The molecule has 0 saturated carbocycles. The minimum absolute atomic E-state index is 0.105. The molecule has 2 nitrogen and oxygen atoms in total. The summed E-state index contributed by atoms with van der Waals surface area (Å²) in [7, 11) is 1.82. The van der Waals surface area contributed by atoms with Crippen LogP contribution in [0.25, 0.3) is 0 Å². The van der Waals surface area contributed by atoms with Crippen LogP contribution in [0, 0.1) is 5.82 Å². The Kier molecular flexibility index (Phi) is 5.34. The van der Waals surface area contributed by atoms with Crippen LogP contribution in [0.2, 0.25) is 10.0 Å². The quantitative estimate of drug-likeness (QED) is 0.757. The molecule has 5 heteroatoms. The second-order valence-corrected chi connectivity index (χ2v) is 5.69. The van der Waals surface area contributed by atoms with Crippen molar-refractivity contribution in [2.45, 2.75) is 6.54 Å². The maximum atomic E-state index is 12.8. The molecule has 2 aromatic rings. The van der Waals surface area contributed by atoms with E-state index >= 15 is 0 Å². The summed E-state index contributed by atoms with van der Waals surface area (Å²) < 4.78 is 12.8. The van der Waals surface area contributed by atoms with Gasteiger partial charge in [0.25, 0.3) is 0 Å². The number of Topliss-reactive ketones (excluding diaryl/α,β-unsaturated/α-hetero) is 1. The van der Waals surface area contributed by atoms with Crippen molar-refractivity contribution in [2.24, 2.45) is 0 Å². The van der Waals surface area contributed by atoms with Gasteiger partial charge in [-0.1, -0.05) is 35.3 Å². The van der Waals surface area contributed by atoms with Gasteiger partial charge in [-0.2, -0.15) is 0 Å². The molecule has 0 fully saturated rings. The Bertz CT molecular complexity index is 643. The highest BCUT2D eigenvalue weighted by atomic mass is 35.5. The zero-order valence-corrected chi connectivity index (χ0v) is 13.0. The summed E-state index contributed by atoms with van der Waals surface area (Å²) in [5.41, 5.74) is 1.35. The summed E-state index contributed by atoms with van der Waals surface area (Å²) in [4.78, 5) is 14.1. The SMILES string of the molecule is CN(CC(=O)c1cc(Cl)ccc1Cl)Cc1ccc(F)cc1. The lowest BCUT2D eigenvalue weighted by Crippen LogP contribution is -2.25. The Hall–Kier alpha value is -1.42. The number of halogens is 3. The predicted octanol–water partition coefficient (Wildman–Crippen LogP) is 4.45. The first kappa shape index (κ1) is 16.0. The highest BCUT2D eigenvalue weighted by molar-refractivity contribution is 6.36. The normalized spacial score (nSPS) is 10.9. The van der Waals surface area contributed by atoms with Crippen molar-refractivity contribution < 1.29 is 9.18 Å². The van der Waals surface area contributed by atoms with Crippen LogP contribution in [0.1, 0.15) is 15.9 Å². The Balaban J connectivity index is 2.01. The molecule has 0 aliphatic heterocycles. The van der Waals surface area contributed by atoms with E-state index in [2.05, 4.69) is 0 Å². The van der Waals surface area contributed by atoms with E-state index in [1.54, 1.807) is 30.3 Å². The summed E-state index contributed by atoms with van der Waals surface area (Å²) in [5, 5.41) is 0.864. The average molecular weight is 326 g/mol. The molecule has 0 spiro atoms. The number of likely N-dealkylation sites (N-methyl/N-ethyl adjacent to an activating group) is 1. The smallest absolute Gasteiger partial charge is 0.178 e. The van der Waals surface area contributed by atoms with E-state index < -0.39 is 0 Å². The molecule has 0 bridgehead atoms. The van der Waals surface area contributed by atoms with Crippen molar-refractivity contribution >= 4 is 29.0 Å². The standard InChI is InChI=1S/C16H14Cl2FNO/c1-20(9-11-2-5-13(19)6-3-11)10-16(21)14-8-12(17)4-7-15(14)18/h2-8H,9-10H2,1H3. The molecular weight excluding hydrogens is 312 g/mol. The number of hydrogen-bond donors (Lipinski definition) is 0. The van der Waals surface area contributed by atoms with Crippen LogP contribution in [0.15, 0.2) is 42.5 Å². The lowest BCUT2D eigenvalue weighted by atomic mass is 10.1. The van der Waals surface area contributed by atoms with Crippen LogP contribution in [-0.2, 0) is 6.54 Å². The van der Waals surface area contributed by atoms with Crippen LogP contribution in [0.4, 0.5) is 4.39 Å². The fourth-order valence-electron chi connectivity index (χ4n) is 2.00. The van der Waals surface area contributed by atoms with Crippen molar-refractivity contribution in [1.82, 2.24) is 4.90 Å². The van der Waals surface area contributed by atoms with Crippen LogP contribution in [0.3, 0.4) is 0 Å². The Morgan fingerprint density at radius 1 is 1.14 bits per heavy atom. The first-order valence-electron chi connectivity index (χ1n) is 6.37. The highest BCUT2D eigenvalue weighted by Crippen LogP contribution is 2.21. The van der Waals surface area contributed by atoms with Crippen molar-refractivity contribution in [3.8, 4) is 0 Å². The van der Waals surface area contributed by atoms with Gasteiger partial charge in [-0.25, -0.2) is 4.39 Å². The second-order valence-electron chi connectivity index (χ2n) is 4.85. The number of carbonyl (C=O) groups is 1. The molecule has 0 N–H and O–H groups in total. The van der Waals surface area contributed by atoms with E-state index in [4.69, 9.17) is 23.2 Å². The van der Waals surface area contributed by atoms with Crippen molar-refractivity contribution in [2.75, 3.05) is 13.6 Å². The van der Waals surface area contributed by atoms with Crippen LogP contribution in [-0.4, -0.2) is 24.3 Å². The van der Waals surface area contributed by atoms with E-state index in [0.717, 1.165) is 5.56 Å². The summed E-state index contributed by atoms with van der Waals surface area (Å²) in [6, 6.07) is 11.0. The van der Waals surface area contributed by atoms with E-state index in [1.165, 1.54) is 12.1 Å². The molecule has 0 saturated heterocycles. The minimum Gasteiger partial charge on any atom is -0.295 e. The third-order valence-corrected chi connectivity index (χ3v) is 3.57. The Labute approximate surface area is 133 Å². The summed E-state index contributed by atoms with van der Waals surface area (Å²) in [6.45, 7) is 0.752. The fourth-order valence-corrected chi connectivity index (χ4v) is 2.39. The number of benzene rings is 2. The molecule has 0 heterocycles. The van der Waals surface area contributed by atoms with Crippen molar-refractivity contribution in [3.05, 3.63) is 69.5 Å². The fraction of sp³-hybridized carbons (Fsp3) is 0.188. The number of rotatable bonds is 5. The molecule has 21 heavy (non-hydrogen) atoms. The van der Waals surface area contributed by atoms with Gasteiger partial charge in [0.1, 0.15) is 5.82 Å². The van der Waals surface area contributed by atoms with Gasteiger partial charge in [0.05, 0.1) is 11.6 Å². The third kappa shape index (κ3) is 4.53. The van der Waals surface area contributed by atoms with Gasteiger partial charge < -0.3 is 0 Å².